The number of rotatable bonds is 5. The third-order valence-corrected chi connectivity index (χ3v) is 3.19. The Hall–Kier alpha value is -1.57. The molecule has 0 aromatic carbocycles. The smallest absolute Gasteiger partial charge is 0.221 e. The van der Waals surface area contributed by atoms with Gasteiger partial charge in [0.25, 0.3) is 0 Å². The molecule has 0 aliphatic carbocycles. The molecule has 7 nitrogen and oxygen atoms in total. The van der Waals surface area contributed by atoms with Crippen molar-refractivity contribution in [3.05, 3.63) is 11.8 Å². The van der Waals surface area contributed by atoms with E-state index in [1.54, 1.807) is 13.2 Å². The number of aromatic nitrogens is 2. The first-order chi connectivity index (χ1) is 7.79. The van der Waals surface area contributed by atoms with Crippen molar-refractivity contribution < 1.29 is 13.2 Å². The first kappa shape index (κ1) is 13.5. The molecule has 0 radical (unpaired) electrons. The zero-order chi connectivity index (χ0) is 13.1. The van der Waals surface area contributed by atoms with Crippen LogP contribution in [0.5, 0.6) is 0 Å². The van der Waals surface area contributed by atoms with Crippen LogP contribution in [0.1, 0.15) is 12.0 Å². The van der Waals surface area contributed by atoms with Crippen molar-refractivity contribution in [2.75, 3.05) is 17.7 Å². The van der Waals surface area contributed by atoms with Crippen LogP contribution in [-0.2, 0) is 28.2 Å². The highest BCUT2D eigenvalue weighted by Gasteiger charge is 2.09. The van der Waals surface area contributed by atoms with Gasteiger partial charge in [0, 0.05) is 31.8 Å². The molecule has 0 atom stereocenters. The van der Waals surface area contributed by atoms with Crippen LogP contribution in [0, 0.1) is 0 Å². The van der Waals surface area contributed by atoms with Gasteiger partial charge in [0.05, 0.1) is 11.9 Å². The summed E-state index contributed by atoms with van der Waals surface area (Å²) in [5, 5.41) is 6.51. The quantitative estimate of drug-likeness (QED) is 0.710. The van der Waals surface area contributed by atoms with E-state index in [-0.39, 0.29) is 24.6 Å². The normalized spacial score (nSPS) is 11.4. The summed E-state index contributed by atoms with van der Waals surface area (Å²) in [5.74, 6) is 0.00791. The van der Waals surface area contributed by atoms with Gasteiger partial charge in [-0.25, -0.2) is 8.42 Å². The van der Waals surface area contributed by atoms with Gasteiger partial charge in [-0.2, -0.15) is 5.10 Å². The molecule has 1 aromatic heterocycles. The van der Waals surface area contributed by atoms with E-state index in [0.717, 1.165) is 6.26 Å². The lowest BCUT2D eigenvalue weighted by atomic mass is 10.3. The van der Waals surface area contributed by atoms with Crippen molar-refractivity contribution in [2.45, 2.75) is 13.0 Å². The number of anilines is 1. The molecule has 0 unspecified atom stereocenters. The van der Waals surface area contributed by atoms with E-state index in [4.69, 9.17) is 5.73 Å². The lowest BCUT2D eigenvalue weighted by molar-refractivity contribution is -0.120. The van der Waals surface area contributed by atoms with E-state index in [2.05, 4.69) is 10.4 Å². The molecule has 1 heterocycles. The fourth-order valence-corrected chi connectivity index (χ4v) is 1.75. The van der Waals surface area contributed by atoms with Crippen molar-refractivity contribution in [1.82, 2.24) is 15.1 Å². The minimum Gasteiger partial charge on any atom is -0.384 e. The zero-order valence-corrected chi connectivity index (χ0v) is 10.6. The van der Waals surface area contributed by atoms with Gasteiger partial charge >= 0.3 is 0 Å². The Kier molecular flexibility index (Phi) is 4.11. The topological polar surface area (TPSA) is 107 Å². The number of aryl methyl sites for hydroxylation is 1. The SMILES string of the molecule is Cn1ncc(CNC(=O)CCS(C)(=O)=O)c1N. The molecule has 1 rings (SSSR count). The van der Waals surface area contributed by atoms with E-state index in [1.807, 2.05) is 0 Å². The Bertz CT molecular complexity index is 506. The molecule has 8 heteroatoms. The fourth-order valence-electron chi connectivity index (χ4n) is 1.19. The van der Waals surface area contributed by atoms with Gasteiger partial charge in [-0.05, 0) is 0 Å². The summed E-state index contributed by atoms with van der Waals surface area (Å²) >= 11 is 0. The van der Waals surface area contributed by atoms with Gasteiger partial charge in [0.2, 0.25) is 5.91 Å². The number of amides is 1. The number of nitrogen functional groups attached to an aromatic ring is 1. The second kappa shape index (κ2) is 5.17. The number of carbonyl (C=O) groups is 1. The number of hydrogen-bond donors (Lipinski definition) is 2. The van der Waals surface area contributed by atoms with Crippen LogP contribution in [0.2, 0.25) is 0 Å². The van der Waals surface area contributed by atoms with Crippen molar-refractivity contribution in [3.8, 4) is 0 Å². The molecule has 17 heavy (non-hydrogen) atoms. The maximum atomic E-state index is 11.3. The number of sulfone groups is 1. The monoisotopic (exact) mass is 260 g/mol. The van der Waals surface area contributed by atoms with Gasteiger partial charge in [-0.3, -0.25) is 9.48 Å². The molecule has 1 amide bonds. The van der Waals surface area contributed by atoms with Gasteiger partial charge in [-0.15, -0.1) is 0 Å². The number of nitrogens with one attached hydrogen (secondary N) is 1. The predicted octanol–water partition coefficient (Wildman–Crippen LogP) is -0.947. The maximum absolute atomic E-state index is 11.3. The lowest BCUT2D eigenvalue weighted by Gasteiger charge is -2.04. The molecule has 0 aliphatic rings. The Balaban J connectivity index is 2.41. The van der Waals surface area contributed by atoms with E-state index >= 15 is 0 Å². The molecule has 0 saturated carbocycles. The van der Waals surface area contributed by atoms with Crippen molar-refractivity contribution in [2.24, 2.45) is 7.05 Å². The first-order valence-corrected chi connectivity index (χ1v) is 7.06. The summed E-state index contributed by atoms with van der Waals surface area (Å²) in [7, 11) is -1.41. The second-order valence-corrected chi connectivity index (χ2v) is 6.10. The van der Waals surface area contributed by atoms with E-state index in [9.17, 15) is 13.2 Å². The van der Waals surface area contributed by atoms with Gasteiger partial charge in [0.1, 0.15) is 15.7 Å². The third-order valence-electron chi connectivity index (χ3n) is 2.24. The van der Waals surface area contributed by atoms with Crippen LogP contribution in [-0.4, -0.2) is 36.1 Å². The Morgan fingerprint density at radius 3 is 2.71 bits per heavy atom. The van der Waals surface area contributed by atoms with Crippen LogP contribution in [0.25, 0.3) is 0 Å². The van der Waals surface area contributed by atoms with Crippen molar-refractivity contribution in [3.63, 3.8) is 0 Å². The summed E-state index contributed by atoms with van der Waals surface area (Å²) < 4.78 is 23.2. The second-order valence-electron chi connectivity index (χ2n) is 3.84. The summed E-state index contributed by atoms with van der Waals surface area (Å²) in [5.41, 5.74) is 6.39. The average molecular weight is 260 g/mol. The third kappa shape index (κ3) is 4.43. The van der Waals surface area contributed by atoms with E-state index in [0.29, 0.717) is 11.4 Å². The molecule has 0 fully saturated rings. The highest BCUT2D eigenvalue weighted by molar-refractivity contribution is 7.90. The van der Waals surface area contributed by atoms with Gasteiger partial charge in [0.15, 0.2) is 0 Å². The number of nitrogens with two attached hydrogens (primary N) is 1. The molecule has 1 aromatic rings. The summed E-state index contributed by atoms with van der Waals surface area (Å²) in [6, 6.07) is 0. The van der Waals surface area contributed by atoms with Crippen LogP contribution >= 0.6 is 0 Å². The zero-order valence-electron chi connectivity index (χ0n) is 9.80. The van der Waals surface area contributed by atoms with E-state index in [1.165, 1.54) is 4.68 Å². The minimum absolute atomic E-state index is 0.0427. The standard InChI is InChI=1S/C9H16N4O3S/c1-13-9(10)7(6-12-13)5-11-8(14)3-4-17(2,15)16/h6H,3-5,10H2,1-2H3,(H,11,14). The van der Waals surface area contributed by atoms with Crippen molar-refractivity contribution in [1.29, 1.82) is 0 Å². The van der Waals surface area contributed by atoms with Crippen LogP contribution in [0.4, 0.5) is 5.82 Å². The number of hydrogen-bond acceptors (Lipinski definition) is 5. The largest absolute Gasteiger partial charge is 0.384 e. The Labute approximate surface area is 99.9 Å². The molecule has 3 N–H and O–H groups in total. The highest BCUT2D eigenvalue weighted by Crippen LogP contribution is 2.08. The molecule has 0 spiro atoms. The number of nitrogens with zero attached hydrogens (tertiary/aromatic N) is 2. The molecule has 0 aliphatic heterocycles. The van der Waals surface area contributed by atoms with Crippen LogP contribution in [0.15, 0.2) is 6.20 Å². The molecule has 96 valence electrons. The van der Waals surface area contributed by atoms with Crippen LogP contribution < -0.4 is 11.1 Å². The maximum Gasteiger partial charge on any atom is 0.221 e. The lowest BCUT2D eigenvalue weighted by Crippen LogP contribution is -2.25. The van der Waals surface area contributed by atoms with Gasteiger partial charge in [-0.1, -0.05) is 0 Å². The highest BCUT2D eigenvalue weighted by atomic mass is 32.2. The molecule has 0 saturated heterocycles. The average Bonchev–Trinajstić information content (AvgIpc) is 2.53. The number of carbonyl (C=O) groups excluding carboxylic acids is 1. The predicted molar refractivity (Wildman–Crippen MR) is 63.8 cm³/mol. The van der Waals surface area contributed by atoms with Gasteiger partial charge < -0.3 is 11.1 Å². The Morgan fingerprint density at radius 1 is 1.59 bits per heavy atom. The molecule has 0 bridgehead atoms. The van der Waals surface area contributed by atoms with E-state index < -0.39 is 9.84 Å². The summed E-state index contributed by atoms with van der Waals surface area (Å²) in [4.78, 5) is 11.3. The first-order valence-electron chi connectivity index (χ1n) is 5.00. The van der Waals surface area contributed by atoms with Crippen molar-refractivity contribution >= 4 is 21.6 Å². The van der Waals surface area contributed by atoms with Crippen LogP contribution in [0.3, 0.4) is 0 Å². The summed E-state index contributed by atoms with van der Waals surface area (Å²) in [6.07, 6.45) is 2.62. The Morgan fingerprint density at radius 2 is 2.24 bits per heavy atom. The fraction of sp³-hybridized carbons (Fsp3) is 0.556. The molecular weight excluding hydrogens is 244 g/mol. The molecular formula is C9H16N4O3S. The summed E-state index contributed by atoms with van der Waals surface area (Å²) in [6.45, 7) is 0.252. The minimum atomic E-state index is -3.11.